The van der Waals surface area contributed by atoms with E-state index in [-0.39, 0.29) is 6.61 Å². The molecule has 0 spiro atoms. The second-order valence-corrected chi connectivity index (χ2v) is 4.99. The summed E-state index contributed by atoms with van der Waals surface area (Å²) in [5.74, 6) is 1.69. The van der Waals surface area contributed by atoms with Crippen LogP contribution in [0.4, 0.5) is 5.69 Å². The Balaban J connectivity index is 2.63. The molecule has 102 valence electrons. The van der Waals surface area contributed by atoms with Crippen LogP contribution in [0.3, 0.4) is 0 Å². The van der Waals surface area contributed by atoms with Gasteiger partial charge in [0, 0.05) is 31.8 Å². The van der Waals surface area contributed by atoms with Gasteiger partial charge >= 0.3 is 0 Å². The zero-order valence-electron chi connectivity index (χ0n) is 11.9. The molecule has 18 heavy (non-hydrogen) atoms. The molecule has 0 aliphatic heterocycles. The second-order valence-electron chi connectivity index (χ2n) is 4.99. The lowest BCUT2D eigenvalue weighted by Crippen LogP contribution is -2.30. The van der Waals surface area contributed by atoms with E-state index in [1.807, 2.05) is 19.1 Å². The molecule has 3 nitrogen and oxygen atoms in total. The van der Waals surface area contributed by atoms with E-state index in [4.69, 9.17) is 4.74 Å². The van der Waals surface area contributed by atoms with Crippen LogP contribution in [0.1, 0.15) is 20.8 Å². The average molecular weight is 251 g/mol. The molecule has 0 fully saturated rings. The summed E-state index contributed by atoms with van der Waals surface area (Å²) in [6.07, 6.45) is 0. The minimum absolute atomic E-state index is 0.235. The summed E-state index contributed by atoms with van der Waals surface area (Å²) >= 11 is 0. The molecule has 1 aromatic rings. The SMILES string of the molecule is CCOc1ccc(N(C)CC(CO)C(C)C)cc1. The van der Waals surface area contributed by atoms with Crippen LogP contribution in [-0.4, -0.2) is 31.9 Å². The van der Waals surface area contributed by atoms with Crippen LogP contribution in [0, 0.1) is 11.8 Å². The molecule has 3 heteroatoms. The first-order chi connectivity index (χ1) is 8.58. The van der Waals surface area contributed by atoms with Gasteiger partial charge < -0.3 is 14.7 Å². The first kappa shape index (κ1) is 14.8. The van der Waals surface area contributed by atoms with Crippen molar-refractivity contribution in [1.82, 2.24) is 0 Å². The summed E-state index contributed by atoms with van der Waals surface area (Å²) in [6.45, 7) is 8.06. The van der Waals surface area contributed by atoms with Crippen LogP contribution < -0.4 is 9.64 Å². The maximum Gasteiger partial charge on any atom is 0.119 e. The highest BCUT2D eigenvalue weighted by molar-refractivity contribution is 5.48. The van der Waals surface area contributed by atoms with E-state index in [2.05, 4.69) is 37.9 Å². The van der Waals surface area contributed by atoms with Gasteiger partial charge in [-0.2, -0.15) is 0 Å². The Morgan fingerprint density at radius 2 is 1.83 bits per heavy atom. The molecule has 1 aromatic carbocycles. The maximum absolute atomic E-state index is 9.36. The summed E-state index contributed by atoms with van der Waals surface area (Å²) in [4.78, 5) is 2.18. The number of aliphatic hydroxyl groups is 1. The summed E-state index contributed by atoms with van der Waals surface area (Å²) < 4.78 is 5.42. The number of hydrogen-bond acceptors (Lipinski definition) is 3. The molecule has 0 aliphatic carbocycles. The van der Waals surface area contributed by atoms with Crippen LogP contribution in [-0.2, 0) is 0 Å². The van der Waals surface area contributed by atoms with E-state index < -0.39 is 0 Å². The number of rotatable bonds is 7. The first-order valence-electron chi connectivity index (χ1n) is 6.63. The van der Waals surface area contributed by atoms with Gasteiger partial charge in [-0.15, -0.1) is 0 Å². The standard InChI is InChI=1S/C15H25NO2/c1-5-18-15-8-6-14(7-9-15)16(4)10-13(11-17)12(2)3/h6-9,12-13,17H,5,10-11H2,1-4H3. The molecule has 1 unspecified atom stereocenters. The number of aliphatic hydroxyl groups excluding tert-OH is 1. The molecule has 0 saturated carbocycles. The van der Waals surface area contributed by atoms with Crippen molar-refractivity contribution < 1.29 is 9.84 Å². The van der Waals surface area contributed by atoms with Crippen molar-refractivity contribution in [2.45, 2.75) is 20.8 Å². The third-order valence-corrected chi connectivity index (χ3v) is 3.27. The molecule has 0 heterocycles. The normalized spacial score (nSPS) is 12.6. The monoisotopic (exact) mass is 251 g/mol. The Labute approximate surface area is 110 Å². The molecule has 0 aromatic heterocycles. The molecule has 0 bridgehead atoms. The molecule has 0 saturated heterocycles. The van der Waals surface area contributed by atoms with Crippen LogP contribution in [0.15, 0.2) is 24.3 Å². The highest BCUT2D eigenvalue weighted by Gasteiger charge is 2.14. The summed E-state index contributed by atoms with van der Waals surface area (Å²) in [5, 5.41) is 9.36. The van der Waals surface area contributed by atoms with E-state index in [1.54, 1.807) is 0 Å². The van der Waals surface area contributed by atoms with Crippen LogP contribution in [0.25, 0.3) is 0 Å². The van der Waals surface area contributed by atoms with Crippen molar-refractivity contribution in [3.63, 3.8) is 0 Å². The van der Waals surface area contributed by atoms with E-state index in [0.717, 1.165) is 18.0 Å². The van der Waals surface area contributed by atoms with Gasteiger partial charge in [0.1, 0.15) is 5.75 Å². The smallest absolute Gasteiger partial charge is 0.119 e. The van der Waals surface area contributed by atoms with Crippen molar-refractivity contribution >= 4 is 5.69 Å². The maximum atomic E-state index is 9.36. The van der Waals surface area contributed by atoms with Crippen LogP contribution in [0.2, 0.25) is 0 Å². The third kappa shape index (κ3) is 4.22. The zero-order valence-corrected chi connectivity index (χ0v) is 11.9. The van der Waals surface area contributed by atoms with Crippen molar-refractivity contribution in [1.29, 1.82) is 0 Å². The summed E-state index contributed by atoms with van der Waals surface area (Å²) in [7, 11) is 2.06. The number of benzene rings is 1. The summed E-state index contributed by atoms with van der Waals surface area (Å²) in [5.41, 5.74) is 1.15. The van der Waals surface area contributed by atoms with Gasteiger partial charge in [0.25, 0.3) is 0 Å². The van der Waals surface area contributed by atoms with Gasteiger partial charge in [0.15, 0.2) is 0 Å². The lowest BCUT2D eigenvalue weighted by molar-refractivity contribution is 0.193. The molecular formula is C15H25NO2. The molecule has 0 amide bonds. The fraction of sp³-hybridized carbons (Fsp3) is 0.600. The Morgan fingerprint density at radius 1 is 1.22 bits per heavy atom. The first-order valence-corrected chi connectivity index (χ1v) is 6.63. The van der Waals surface area contributed by atoms with Gasteiger partial charge in [-0.05, 0) is 37.1 Å². The van der Waals surface area contributed by atoms with E-state index in [1.165, 1.54) is 0 Å². The largest absolute Gasteiger partial charge is 0.494 e. The molecule has 1 N–H and O–H groups in total. The highest BCUT2D eigenvalue weighted by atomic mass is 16.5. The van der Waals surface area contributed by atoms with Crippen LogP contribution >= 0.6 is 0 Å². The Hall–Kier alpha value is -1.22. The number of ether oxygens (including phenoxy) is 1. The van der Waals surface area contributed by atoms with Gasteiger partial charge in [0.2, 0.25) is 0 Å². The molecule has 0 aliphatic rings. The molecule has 0 radical (unpaired) electrons. The fourth-order valence-corrected chi connectivity index (χ4v) is 1.90. The number of nitrogens with zero attached hydrogens (tertiary/aromatic N) is 1. The highest BCUT2D eigenvalue weighted by Crippen LogP contribution is 2.21. The molecule has 1 atom stereocenters. The lowest BCUT2D eigenvalue weighted by Gasteiger charge is -2.27. The van der Waals surface area contributed by atoms with E-state index in [0.29, 0.717) is 18.4 Å². The second kappa shape index (κ2) is 7.27. The van der Waals surface area contributed by atoms with Gasteiger partial charge in [0.05, 0.1) is 6.61 Å². The Bertz CT molecular complexity index is 335. The topological polar surface area (TPSA) is 32.7 Å². The van der Waals surface area contributed by atoms with E-state index in [9.17, 15) is 5.11 Å². The van der Waals surface area contributed by atoms with Crippen molar-refractivity contribution in [3.05, 3.63) is 24.3 Å². The predicted molar refractivity (Wildman–Crippen MR) is 76.3 cm³/mol. The van der Waals surface area contributed by atoms with Crippen LogP contribution in [0.5, 0.6) is 5.75 Å². The summed E-state index contributed by atoms with van der Waals surface area (Å²) in [6, 6.07) is 8.08. The van der Waals surface area contributed by atoms with Crippen molar-refractivity contribution in [2.75, 3.05) is 31.7 Å². The van der Waals surface area contributed by atoms with Crippen molar-refractivity contribution in [3.8, 4) is 5.75 Å². The van der Waals surface area contributed by atoms with Gasteiger partial charge in [-0.3, -0.25) is 0 Å². The minimum atomic E-state index is 0.235. The average Bonchev–Trinajstić information content (AvgIpc) is 2.36. The Kier molecular flexibility index (Phi) is 5.99. The minimum Gasteiger partial charge on any atom is -0.494 e. The zero-order chi connectivity index (χ0) is 13.5. The quantitative estimate of drug-likeness (QED) is 0.809. The Morgan fingerprint density at radius 3 is 2.28 bits per heavy atom. The fourth-order valence-electron chi connectivity index (χ4n) is 1.90. The lowest BCUT2D eigenvalue weighted by atomic mass is 9.96. The van der Waals surface area contributed by atoms with Crippen molar-refractivity contribution in [2.24, 2.45) is 11.8 Å². The van der Waals surface area contributed by atoms with Gasteiger partial charge in [-0.1, -0.05) is 13.8 Å². The van der Waals surface area contributed by atoms with Gasteiger partial charge in [-0.25, -0.2) is 0 Å². The van der Waals surface area contributed by atoms with E-state index >= 15 is 0 Å². The molecule has 1 rings (SSSR count). The predicted octanol–water partition coefficient (Wildman–Crippen LogP) is 2.79. The molecular weight excluding hydrogens is 226 g/mol. The number of hydrogen-bond donors (Lipinski definition) is 1. The third-order valence-electron chi connectivity index (χ3n) is 3.27. The number of anilines is 1.